The molecule has 0 N–H and O–H groups in total. The number of hydrogen-bond acceptors (Lipinski definition) is 7. The predicted octanol–water partition coefficient (Wildman–Crippen LogP) is 0.559. The van der Waals surface area contributed by atoms with E-state index in [1.54, 1.807) is 6.92 Å². The highest BCUT2D eigenvalue weighted by Gasteiger charge is 2.33. The van der Waals surface area contributed by atoms with Gasteiger partial charge in [-0.05, 0) is 6.92 Å². The van der Waals surface area contributed by atoms with Crippen molar-refractivity contribution in [2.24, 2.45) is 0 Å². The summed E-state index contributed by atoms with van der Waals surface area (Å²) in [6.45, 7) is 4.30. The minimum absolute atomic E-state index is 0.196. The first kappa shape index (κ1) is 13.1. The molecule has 2 aliphatic rings. The molecule has 0 aliphatic carbocycles. The van der Waals surface area contributed by atoms with Crippen LogP contribution in [-0.2, 0) is 9.47 Å². The van der Waals surface area contributed by atoms with Crippen molar-refractivity contribution < 1.29 is 19.0 Å². The maximum atomic E-state index is 11.9. The molecule has 7 heteroatoms. The Balaban J connectivity index is 2.10. The van der Waals surface area contributed by atoms with Gasteiger partial charge < -0.3 is 19.1 Å². The Morgan fingerprint density at radius 2 is 2.25 bits per heavy atom. The lowest BCUT2D eigenvalue weighted by atomic mass is 10.1. The smallest absolute Gasteiger partial charge is 0.360 e. The molecule has 3 heterocycles. The maximum absolute atomic E-state index is 11.9. The summed E-state index contributed by atoms with van der Waals surface area (Å²) < 4.78 is 16.0. The SMILES string of the molecule is COC(=O)c1nc(C)nc2c1OCC[C@@H]1COCCN21. The van der Waals surface area contributed by atoms with Crippen molar-refractivity contribution in [3.05, 3.63) is 11.5 Å². The van der Waals surface area contributed by atoms with Crippen molar-refractivity contribution in [1.82, 2.24) is 9.97 Å². The molecule has 0 amide bonds. The molecule has 3 rings (SSSR count). The molecule has 1 aromatic rings. The molecule has 1 aromatic heterocycles. The molecule has 20 heavy (non-hydrogen) atoms. The molecule has 108 valence electrons. The van der Waals surface area contributed by atoms with Crippen LogP contribution in [0.25, 0.3) is 0 Å². The monoisotopic (exact) mass is 279 g/mol. The first-order valence-corrected chi connectivity index (χ1v) is 6.65. The topological polar surface area (TPSA) is 73.8 Å². The molecular formula is C13H17N3O4. The Morgan fingerprint density at radius 3 is 3.05 bits per heavy atom. The van der Waals surface area contributed by atoms with Crippen LogP contribution in [0.5, 0.6) is 5.75 Å². The molecule has 0 bridgehead atoms. The predicted molar refractivity (Wildman–Crippen MR) is 70.2 cm³/mol. The van der Waals surface area contributed by atoms with E-state index in [4.69, 9.17) is 14.2 Å². The zero-order valence-corrected chi connectivity index (χ0v) is 11.6. The van der Waals surface area contributed by atoms with Gasteiger partial charge in [-0.1, -0.05) is 0 Å². The highest BCUT2D eigenvalue weighted by molar-refractivity contribution is 5.92. The lowest BCUT2D eigenvalue weighted by molar-refractivity contribution is 0.0588. The third-order valence-electron chi connectivity index (χ3n) is 3.54. The fourth-order valence-electron chi connectivity index (χ4n) is 2.58. The van der Waals surface area contributed by atoms with E-state index < -0.39 is 5.97 Å². The van der Waals surface area contributed by atoms with E-state index in [2.05, 4.69) is 14.9 Å². The molecule has 1 saturated heterocycles. The van der Waals surface area contributed by atoms with Crippen LogP contribution in [0.1, 0.15) is 22.7 Å². The molecule has 0 saturated carbocycles. The second-order valence-corrected chi connectivity index (χ2v) is 4.82. The van der Waals surface area contributed by atoms with E-state index in [1.165, 1.54) is 7.11 Å². The van der Waals surface area contributed by atoms with Gasteiger partial charge in [-0.25, -0.2) is 14.8 Å². The highest BCUT2D eigenvalue weighted by atomic mass is 16.5. The molecule has 0 radical (unpaired) electrons. The second kappa shape index (κ2) is 5.24. The Kier molecular flexibility index (Phi) is 3.43. The normalized spacial score (nSPS) is 21.3. The van der Waals surface area contributed by atoms with Crippen LogP contribution < -0.4 is 9.64 Å². The van der Waals surface area contributed by atoms with Crippen LogP contribution in [0.2, 0.25) is 0 Å². The molecular weight excluding hydrogens is 262 g/mol. The van der Waals surface area contributed by atoms with E-state index >= 15 is 0 Å². The van der Waals surface area contributed by atoms with Crippen molar-refractivity contribution >= 4 is 11.8 Å². The number of ether oxygens (including phenoxy) is 3. The van der Waals surface area contributed by atoms with E-state index in [0.29, 0.717) is 37.2 Å². The van der Waals surface area contributed by atoms with E-state index in [-0.39, 0.29) is 11.7 Å². The van der Waals surface area contributed by atoms with Crippen molar-refractivity contribution in [2.45, 2.75) is 19.4 Å². The summed E-state index contributed by atoms with van der Waals surface area (Å²) in [5, 5.41) is 0. The summed E-state index contributed by atoms with van der Waals surface area (Å²) in [4.78, 5) is 22.6. The van der Waals surface area contributed by atoms with Crippen LogP contribution in [0.15, 0.2) is 0 Å². The van der Waals surface area contributed by atoms with Gasteiger partial charge in [0.1, 0.15) is 5.82 Å². The number of anilines is 1. The van der Waals surface area contributed by atoms with Crippen molar-refractivity contribution in [3.8, 4) is 5.75 Å². The largest absolute Gasteiger partial charge is 0.487 e. The Hall–Kier alpha value is -1.89. The number of fused-ring (bicyclic) bond motifs is 3. The van der Waals surface area contributed by atoms with Gasteiger partial charge in [0, 0.05) is 13.0 Å². The number of rotatable bonds is 1. The summed E-state index contributed by atoms with van der Waals surface area (Å²) in [6.07, 6.45) is 0.829. The number of aryl methyl sites for hydroxylation is 1. The van der Waals surface area contributed by atoms with Crippen molar-refractivity contribution in [2.75, 3.05) is 38.4 Å². The van der Waals surface area contributed by atoms with Crippen LogP contribution in [0, 0.1) is 6.92 Å². The Labute approximate surface area is 116 Å². The summed E-state index contributed by atoms with van der Waals surface area (Å²) >= 11 is 0. The number of hydrogen-bond donors (Lipinski definition) is 0. The summed E-state index contributed by atoms with van der Waals surface area (Å²) in [7, 11) is 1.33. The second-order valence-electron chi connectivity index (χ2n) is 4.82. The highest BCUT2D eigenvalue weighted by Crippen LogP contribution is 2.35. The fraction of sp³-hybridized carbons (Fsp3) is 0.615. The van der Waals surface area contributed by atoms with Gasteiger partial charge in [-0.3, -0.25) is 0 Å². The average molecular weight is 279 g/mol. The molecule has 0 unspecified atom stereocenters. The molecule has 1 atom stereocenters. The van der Waals surface area contributed by atoms with E-state index in [9.17, 15) is 4.79 Å². The molecule has 0 aromatic carbocycles. The van der Waals surface area contributed by atoms with Gasteiger partial charge in [0.15, 0.2) is 17.3 Å². The zero-order chi connectivity index (χ0) is 14.1. The number of methoxy groups -OCH3 is 1. The van der Waals surface area contributed by atoms with Gasteiger partial charge in [-0.15, -0.1) is 0 Å². The number of esters is 1. The van der Waals surface area contributed by atoms with Crippen LogP contribution in [-0.4, -0.2) is 55.5 Å². The van der Waals surface area contributed by atoms with Crippen molar-refractivity contribution in [3.63, 3.8) is 0 Å². The summed E-state index contributed by atoms with van der Waals surface area (Å²) in [5.74, 6) is 1.12. The number of carbonyl (C=O) groups excluding carboxylic acids is 1. The van der Waals surface area contributed by atoms with Gasteiger partial charge in [0.25, 0.3) is 0 Å². The molecule has 7 nitrogen and oxygen atoms in total. The van der Waals surface area contributed by atoms with Gasteiger partial charge in [0.2, 0.25) is 0 Å². The zero-order valence-electron chi connectivity index (χ0n) is 11.6. The van der Waals surface area contributed by atoms with Gasteiger partial charge in [-0.2, -0.15) is 0 Å². The summed E-state index contributed by atoms with van der Waals surface area (Å²) in [5.41, 5.74) is 0.196. The minimum Gasteiger partial charge on any atom is -0.487 e. The third-order valence-corrected chi connectivity index (χ3v) is 3.54. The Bertz CT molecular complexity index is 535. The number of carbonyl (C=O) groups is 1. The molecule has 1 fully saturated rings. The number of morpholine rings is 1. The maximum Gasteiger partial charge on any atom is 0.360 e. The average Bonchev–Trinajstić information content (AvgIpc) is 2.65. The van der Waals surface area contributed by atoms with Crippen molar-refractivity contribution in [1.29, 1.82) is 0 Å². The quantitative estimate of drug-likeness (QED) is 0.695. The first-order valence-electron chi connectivity index (χ1n) is 6.65. The van der Waals surface area contributed by atoms with Crippen LogP contribution in [0.4, 0.5) is 5.82 Å². The lowest BCUT2D eigenvalue weighted by Gasteiger charge is -2.35. The molecule has 0 spiro atoms. The standard InChI is InChI=1S/C13H17N3O4/c1-8-14-10(13(17)18-2)11-12(15-8)16-4-6-19-7-9(16)3-5-20-11/h9H,3-7H2,1-2H3/t9-/m1/s1. The number of nitrogens with zero attached hydrogens (tertiary/aromatic N) is 3. The van der Waals surface area contributed by atoms with Gasteiger partial charge >= 0.3 is 5.97 Å². The summed E-state index contributed by atoms with van der Waals surface area (Å²) in [6, 6.07) is 0.227. The minimum atomic E-state index is -0.501. The first-order chi connectivity index (χ1) is 9.70. The van der Waals surface area contributed by atoms with E-state index in [1.807, 2.05) is 0 Å². The van der Waals surface area contributed by atoms with Crippen LogP contribution in [0.3, 0.4) is 0 Å². The Morgan fingerprint density at radius 1 is 1.40 bits per heavy atom. The number of aromatic nitrogens is 2. The lowest BCUT2D eigenvalue weighted by Crippen LogP contribution is -2.45. The van der Waals surface area contributed by atoms with Crippen LogP contribution >= 0.6 is 0 Å². The fourth-order valence-corrected chi connectivity index (χ4v) is 2.58. The molecule has 2 aliphatic heterocycles. The third kappa shape index (κ3) is 2.18. The van der Waals surface area contributed by atoms with E-state index in [0.717, 1.165) is 13.0 Å². The van der Waals surface area contributed by atoms with Gasteiger partial charge in [0.05, 0.1) is 33.0 Å².